The summed E-state index contributed by atoms with van der Waals surface area (Å²) in [6, 6.07) is 14.0. The minimum atomic E-state index is -0.449. The molecule has 0 unspecified atom stereocenters. The maximum absolute atomic E-state index is 13.9. The normalized spacial score (nSPS) is 27.4. The van der Waals surface area contributed by atoms with Gasteiger partial charge < -0.3 is 20.9 Å². The Balaban J connectivity index is 0.875. The average Bonchev–Trinajstić information content (AvgIpc) is 3.71. The summed E-state index contributed by atoms with van der Waals surface area (Å²) in [5.74, 6) is 1.76. The molecule has 10 nitrogen and oxygen atoms in total. The summed E-state index contributed by atoms with van der Waals surface area (Å²) in [4.78, 5) is 37.5. The molecule has 5 fully saturated rings. The molecule has 4 heterocycles. The van der Waals surface area contributed by atoms with Crippen molar-refractivity contribution in [1.82, 2.24) is 24.6 Å². The Morgan fingerprint density at radius 3 is 2.47 bits per heavy atom. The quantitative estimate of drug-likeness (QED) is 0.311. The topological polar surface area (TPSA) is 124 Å². The minimum Gasteiger partial charge on any atom is -0.398 e. The number of nitrogens with two attached hydrogens (primary N) is 1. The molecule has 232 valence electrons. The number of hydrogen-bond acceptors (Lipinski definition) is 7. The van der Waals surface area contributed by atoms with Crippen LogP contribution in [0.5, 0.6) is 0 Å². The van der Waals surface area contributed by atoms with Gasteiger partial charge in [-0.25, -0.2) is 4.98 Å². The van der Waals surface area contributed by atoms with E-state index < -0.39 is 5.41 Å². The highest BCUT2D eigenvalue weighted by molar-refractivity contribution is 6.09. The van der Waals surface area contributed by atoms with E-state index in [1.54, 1.807) is 11.0 Å². The smallest absolute Gasteiger partial charge is 0.237 e. The fraction of sp³-hybridized carbons (Fsp3) is 0.457. The van der Waals surface area contributed by atoms with Crippen LogP contribution in [0, 0.1) is 22.2 Å². The van der Waals surface area contributed by atoms with Crippen molar-refractivity contribution in [2.75, 3.05) is 49.9 Å². The molecule has 1 spiro atoms. The number of nitrogens with one attached hydrogen (secondary N) is 1. The molecule has 2 saturated heterocycles. The number of nitrogen functional groups attached to an aromatic ring is 1. The molecular formula is C35H40N8O2. The van der Waals surface area contributed by atoms with E-state index in [4.69, 9.17) is 11.1 Å². The molecule has 0 radical (unpaired) electrons. The van der Waals surface area contributed by atoms with Crippen LogP contribution in [0.15, 0.2) is 54.9 Å². The second-order valence-electron chi connectivity index (χ2n) is 14.0. The summed E-state index contributed by atoms with van der Waals surface area (Å²) >= 11 is 0. The van der Waals surface area contributed by atoms with Gasteiger partial charge in [-0.15, -0.1) is 0 Å². The molecule has 3 saturated carbocycles. The van der Waals surface area contributed by atoms with Crippen molar-refractivity contribution in [2.45, 2.75) is 38.5 Å². The lowest BCUT2D eigenvalue weighted by atomic mass is 9.42. The van der Waals surface area contributed by atoms with Crippen molar-refractivity contribution in [1.29, 1.82) is 5.41 Å². The van der Waals surface area contributed by atoms with E-state index in [2.05, 4.69) is 33.2 Å². The fourth-order valence-corrected chi connectivity index (χ4v) is 8.29. The van der Waals surface area contributed by atoms with E-state index in [0.29, 0.717) is 49.9 Å². The molecule has 3 aromatic rings. The van der Waals surface area contributed by atoms with Crippen molar-refractivity contribution < 1.29 is 9.59 Å². The zero-order valence-electron chi connectivity index (χ0n) is 25.8. The van der Waals surface area contributed by atoms with Crippen LogP contribution in [0.1, 0.15) is 49.7 Å². The van der Waals surface area contributed by atoms with Crippen LogP contribution in [-0.4, -0.2) is 81.4 Å². The zero-order chi connectivity index (χ0) is 30.9. The van der Waals surface area contributed by atoms with Crippen LogP contribution in [-0.2, 0) is 16.6 Å². The lowest BCUT2D eigenvalue weighted by Crippen LogP contribution is -2.56. The van der Waals surface area contributed by atoms with Gasteiger partial charge in [0.05, 0.1) is 12.0 Å². The van der Waals surface area contributed by atoms with Gasteiger partial charge in [0.1, 0.15) is 6.33 Å². The number of benzene rings is 2. The standard InChI is InChI=1S/C35H40N8O2/c1-40-22-38-32(39-40)26-4-2-24(3-5-26)25-8-12-42(13-9-25)30(44)20-41-14-10-34(21-41)11-15-43(33(34)45)27-6-7-29(36)28(16-27)31(37)35-17-23(18-35)19-35/h2-8,16,22-23,37H,9-15,17-21,36H2,1H3/t23?,34-,35?/m0/s1. The molecule has 9 rings (SSSR count). The number of carbonyl (C=O) groups excluding carboxylic acids is 2. The molecule has 1 aromatic heterocycles. The van der Waals surface area contributed by atoms with Gasteiger partial charge in [-0.2, -0.15) is 5.10 Å². The van der Waals surface area contributed by atoms with Gasteiger partial charge in [0.2, 0.25) is 11.8 Å². The highest BCUT2D eigenvalue weighted by atomic mass is 16.2. The van der Waals surface area contributed by atoms with E-state index in [9.17, 15) is 9.59 Å². The first kappa shape index (κ1) is 28.2. The fourth-order valence-electron chi connectivity index (χ4n) is 8.29. The number of nitrogens with zero attached hydrogens (tertiary/aromatic N) is 6. The molecule has 3 aliphatic carbocycles. The van der Waals surface area contributed by atoms with E-state index >= 15 is 0 Å². The van der Waals surface area contributed by atoms with Gasteiger partial charge in [-0.1, -0.05) is 30.3 Å². The number of rotatable bonds is 7. The maximum atomic E-state index is 13.9. The van der Waals surface area contributed by atoms with E-state index in [1.165, 1.54) is 5.57 Å². The molecule has 10 heteroatoms. The Kier molecular flexibility index (Phi) is 6.50. The van der Waals surface area contributed by atoms with Crippen LogP contribution in [0.2, 0.25) is 0 Å². The first-order valence-electron chi connectivity index (χ1n) is 16.2. The summed E-state index contributed by atoms with van der Waals surface area (Å²) in [5, 5.41) is 13.2. The van der Waals surface area contributed by atoms with E-state index in [-0.39, 0.29) is 17.2 Å². The highest BCUT2D eigenvalue weighted by Crippen LogP contribution is 2.65. The molecule has 45 heavy (non-hydrogen) atoms. The van der Waals surface area contributed by atoms with Gasteiger partial charge in [0.25, 0.3) is 0 Å². The number of likely N-dealkylation sites (tertiary alicyclic amines) is 1. The van der Waals surface area contributed by atoms with E-state index in [0.717, 1.165) is 73.4 Å². The van der Waals surface area contributed by atoms with Gasteiger partial charge in [0, 0.05) is 66.9 Å². The van der Waals surface area contributed by atoms with Crippen LogP contribution in [0.3, 0.4) is 0 Å². The van der Waals surface area contributed by atoms with E-state index in [1.807, 2.05) is 47.2 Å². The number of hydrogen-bond donors (Lipinski definition) is 2. The Morgan fingerprint density at radius 1 is 1.04 bits per heavy atom. The molecule has 2 bridgehead atoms. The third-order valence-electron chi connectivity index (χ3n) is 11.2. The highest BCUT2D eigenvalue weighted by Gasteiger charge is 2.59. The Labute approximate surface area is 263 Å². The Morgan fingerprint density at radius 2 is 1.80 bits per heavy atom. The lowest BCUT2D eigenvalue weighted by Gasteiger charge is -2.62. The number of aryl methyl sites for hydroxylation is 1. The summed E-state index contributed by atoms with van der Waals surface area (Å²) in [6.45, 7) is 3.65. The van der Waals surface area contributed by atoms with Crippen LogP contribution >= 0.6 is 0 Å². The van der Waals surface area contributed by atoms with Gasteiger partial charge in [-0.05, 0) is 80.3 Å². The monoisotopic (exact) mass is 604 g/mol. The van der Waals surface area contributed by atoms with Crippen molar-refractivity contribution in [3.63, 3.8) is 0 Å². The number of amides is 2. The van der Waals surface area contributed by atoms with Crippen molar-refractivity contribution in [2.24, 2.45) is 23.8 Å². The predicted molar refractivity (Wildman–Crippen MR) is 174 cm³/mol. The largest absolute Gasteiger partial charge is 0.398 e. The maximum Gasteiger partial charge on any atom is 0.237 e. The number of anilines is 2. The molecule has 3 aliphatic heterocycles. The lowest BCUT2D eigenvalue weighted by molar-refractivity contribution is -0.132. The summed E-state index contributed by atoms with van der Waals surface area (Å²) in [7, 11) is 1.86. The Bertz CT molecular complexity index is 1720. The van der Waals surface area contributed by atoms with Gasteiger partial charge in [0.15, 0.2) is 5.82 Å². The number of aromatic nitrogens is 3. The molecule has 1 atom stereocenters. The third kappa shape index (κ3) is 4.69. The summed E-state index contributed by atoms with van der Waals surface area (Å²) in [6.07, 6.45) is 9.53. The molecule has 6 aliphatic rings. The predicted octanol–water partition coefficient (Wildman–Crippen LogP) is 3.98. The SMILES string of the molecule is Cn1cnc(-c2ccc(C3=CCN(C(=O)CN4CC[C@]5(CCN(c6ccc(N)c(C(=N)C78CC(C7)C8)c6)C5=O)C4)CC3)cc2)n1. The van der Waals surface area contributed by atoms with Crippen LogP contribution < -0.4 is 10.6 Å². The van der Waals surface area contributed by atoms with Crippen LogP contribution in [0.25, 0.3) is 17.0 Å². The second kappa shape index (κ2) is 10.4. The summed E-state index contributed by atoms with van der Waals surface area (Å²) in [5.41, 5.74) is 12.2. The minimum absolute atomic E-state index is 0.0157. The zero-order valence-corrected chi connectivity index (χ0v) is 25.8. The molecule has 2 aromatic carbocycles. The van der Waals surface area contributed by atoms with Crippen molar-refractivity contribution in [3.8, 4) is 11.4 Å². The first-order chi connectivity index (χ1) is 21.7. The average molecular weight is 605 g/mol. The van der Waals surface area contributed by atoms with Gasteiger partial charge in [-0.3, -0.25) is 19.2 Å². The first-order valence-corrected chi connectivity index (χ1v) is 16.2. The Hall–Kier alpha value is -4.31. The van der Waals surface area contributed by atoms with Crippen molar-refractivity contribution >= 4 is 34.5 Å². The van der Waals surface area contributed by atoms with Crippen molar-refractivity contribution in [3.05, 3.63) is 66.0 Å². The molecule has 3 N–H and O–H groups in total. The second-order valence-corrected chi connectivity index (χ2v) is 14.0. The molecule has 2 amide bonds. The molecular weight excluding hydrogens is 564 g/mol. The third-order valence-corrected chi connectivity index (χ3v) is 11.2. The number of carbonyl (C=O) groups is 2. The van der Waals surface area contributed by atoms with Gasteiger partial charge >= 0.3 is 0 Å². The summed E-state index contributed by atoms with van der Waals surface area (Å²) < 4.78 is 1.70. The van der Waals surface area contributed by atoms with Crippen LogP contribution in [0.4, 0.5) is 11.4 Å².